The molecule has 0 amide bonds. The van der Waals surface area contributed by atoms with Gasteiger partial charge in [-0.2, -0.15) is 0 Å². The summed E-state index contributed by atoms with van der Waals surface area (Å²) in [5.74, 6) is 0.342. The molecule has 1 aromatic rings. The number of thiophene rings is 1. The SMILES string of the molecule is NC1CCC(C(=O)c2ccc(Cl)s2)C1. The molecule has 0 aromatic carbocycles. The van der Waals surface area contributed by atoms with E-state index in [1.165, 1.54) is 11.3 Å². The van der Waals surface area contributed by atoms with E-state index in [-0.39, 0.29) is 17.7 Å². The van der Waals surface area contributed by atoms with Crippen molar-refractivity contribution < 1.29 is 4.79 Å². The molecule has 2 N–H and O–H groups in total. The third kappa shape index (κ3) is 2.00. The van der Waals surface area contributed by atoms with E-state index in [1.54, 1.807) is 12.1 Å². The molecular formula is C10H12ClNOS. The van der Waals surface area contributed by atoms with Crippen molar-refractivity contribution in [3.8, 4) is 0 Å². The Kier molecular flexibility index (Phi) is 2.91. The van der Waals surface area contributed by atoms with Gasteiger partial charge in [0.05, 0.1) is 9.21 Å². The van der Waals surface area contributed by atoms with Crippen LogP contribution in [0, 0.1) is 5.92 Å². The molecule has 0 radical (unpaired) electrons. The summed E-state index contributed by atoms with van der Waals surface area (Å²) in [6, 6.07) is 3.78. The van der Waals surface area contributed by atoms with E-state index in [9.17, 15) is 4.79 Å². The van der Waals surface area contributed by atoms with Crippen LogP contribution >= 0.6 is 22.9 Å². The highest BCUT2D eigenvalue weighted by atomic mass is 35.5. The van der Waals surface area contributed by atoms with Crippen molar-refractivity contribution >= 4 is 28.7 Å². The van der Waals surface area contributed by atoms with Gasteiger partial charge in [0, 0.05) is 12.0 Å². The number of Topliss-reactive ketones (excluding diaryl/α,β-unsaturated/α-hetero) is 1. The first-order chi connectivity index (χ1) is 6.66. The second-order valence-electron chi connectivity index (χ2n) is 3.74. The fraction of sp³-hybridized carbons (Fsp3) is 0.500. The molecule has 14 heavy (non-hydrogen) atoms. The maximum atomic E-state index is 11.9. The molecular weight excluding hydrogens is 218 g/mol. The summed E-state index contributed by atoms with van der Waals surface area (Å²) in [5, 5.41) is 0. The number of halogens is 1. The van der Waals surface area contributed by atoms with Gasteiger partial charge in [0.1, 0.15) is 0 Å². The summed E-state index contributed by atoms with van der Waals surface area (Å²) >= 11 is 7.14. The predicted molar refractivity (Wildman–Crippen MR) is 59.0 cm³/mol. The Labute approximate surface area is 92.1 Å². The van der Waals surface area contributed by atoms with E-state index >= 15 is 0 Å². The Hall–Kier alpha value is -0.380. The highest BCUT2D eigenvalue weighted by Crippen LogP contribution is 2.31. The molecule has 1 saturated carbocycles. The van der Waals surface area contributed by atoms with Crippen LogP contribution in [-0.2, 0) is 0 Å². The molecule has 2 atom stereocenters. The fourth-order valence-electron chi connectivity index (χ4n) is 1.90. The van der Waals surface area contributed by atoms with Gasteiger partial charge in [0.2, 0.25) is 0 Å². The van der Waals surface area contributed by atoms with Gasteiger partial charge >= 0.3 is 0 Å². The van der Waals surface area contributed by atoms with E-state index in [1.807, 2.05) is 0 Å². The molecule has 0 aliphatic heterocycles. The molecule has 76 valence electrons. The van der Waals surface area contributed by atoms with E-state index in [2.05, 4.69) is 0 Å². The zero-order valence-corrected chi connectivity index (χ0v) is 9.27. The number of ketones is 1. The summed E-state index contributed by atoms with van der Waals surface area (Å²) < 4.78 is 0.677. The molecule has 1 aromatic heterocycles. The maximum absolute atomic E-state index is 11.9. The largest absolute Gasteiger partial charge is 0.328 e. The molecule has 1 aliphatic carbocycles. The third-order valence-corrected chi connectivity index (χ3v) is 3.91. The Morgan fingerprint density at radius 1 is 1.50 bits per heavy atom. The number of hydrogen-bond donors (Lipinski definition) is 1. The summed E-state index contributed by atoms with van der Waals surface area (Å²) in [6.07, 6.45) is 2.72. The number of carbonyl (C=O) groups excluding carboxylic acids is 1. The Morgan fingerprint density at radius 2 is 2.29 bits per heavy atom. The van der Waals surface area contributed by atoms with Crippen LogP contribution in [0.3, 0.4) is 0 Å². The quantitative estimate of drug-likeness (QED) is 0.793. The molecule has 0 spiro atoms. The molecule has 1 fully saturated rings. The third-order valence-electron chi connectivity index (χ3n) is 2.66. The average Bonchev–Trinajstić information content (AvgIpc) is 2.73. The van der Waals surface area contributed by atoms with Crippen molar-refractivity contribution in [1.82, 2.24) is 0 Å². The Balaban J connectivity index is 2.09. The first-order valence-electron chi connectivity index (χ1n) is 4.72. The molecule has 1 aliphatic rings. The fourth-order valence-corrected chi connectivity index (χ4v) is 2.96. The number of nitrogens with two attached hydrogens (primary N) is 1. The van der Waals surface area contributed by atoms with Crippen molar-refractivity contribution in [3.63, 3.8) is 0 Å². The lowest BCUT2D eigenvalue weighted by molar-refractivity contribution is 0.0926. The van der Waals surface area contributed by atoms with Gasteiger partial charge in [-0.05, 0) is 31.4 Å². The molecule has 1 heterocycles. The highest BCUT2D eigenvalue weighted by molar-refractivity contribution is 7.18. The van der Waals surface area contributed by atoms with Crippen LogP contribution in [0.5, 0.6) is 0 Å². The molecule has 2 unspecified atom stereocenters. The molecule has 2 rings (SSSR count). The highest BCUT2D eigenvalue weighted by Gasteiger charge is 2.29. The van der Waals surface area contributed by atoms with Gasteiger partial charge in [-0.3, -0.25) is 4.79 Å². The summed E-state index contributed by atoms with van der Waals surface area (Å²) in [6.45, 7) is 0. The first-order valence-corrected chi connectivity index (χ1v) is 5.91. The van der Waals surface area contributed by atoms with Gasteiger partial charge < -0.3 is 5.73 Å². The van der Waals surface area contributed by atoms with Crippen molar-refractivity contribution in [1.29, 1.82) is 0 Å². The number of rotatable bonds is 2. The lowest BCUT2D eigenvalue weighted by atomic mass is 10.0. The summed E-state index contributed by atoms with van der Waals surface area (Å²) in [5.41, 5.74) is 5.77. The minimum Gasteiger partial charge on any atom is -0.328 e. The predicted octanol–water partition coefficient (Wildman–Crippen LogP) is 2.71. The standard InChI is InChI=1S/C10H12ClNOS/c11-9-4-3-8(14-9)10(13)6-1-2-7(12)5-6/h3-4,6-7H,1-2,5,12H2. The van der Waals surface area contributed by atoms with E-state index in [0.29, 0.717) is 4.34 Å². The summed E-state index contributed by atoms with van der Waals surface area (Å²) in [4.78, 5) is 12.7. The second kappa shape index (κ2) is 4.01. The van der Waals surface area contributed by atoms with Crippen LogP contribution in [0.1, 0.15) is 28.9 Å². The van der Waals surface area contributed by atoms with Crippen molar-refractivity contribution in [2.24, 2.45) is 11.7 Å². The first kappa shape index (κ1) is 10.1. The van der Waals surface area contributed by atoms with Gasteiger partial charge in [-0.15, -0.1) is 11.3 Å². The van der Waals surface area contributed by atoms with Crippen LogP contribution in [0.15, 0.2) is 12.1 Å². The maximum Gasteiger partial charge on any atom is 0.175 e. The van der Waals surface area contributed by atoms with Crippen LogP contribution in [0.2, 0.25) is 4.34 Å². The normalized spacial score (nSPS) is 26.7. The Bertz CT molecular complexity index is 350. The number of carbonyl (C=O) groups is 1. The minimum atomic E-state index is 0.125. The smallest absolute Gasteiger partial charge is 0.175 e. The van der Waals surface area contributed by atoms with E-state index < -0.39 is 0 Å². The zero-order chi connectivity index (χ0) is 10.1. The molecule has 0 bridgehead atoms. The van der Waals surface area contributed by atoms with E-state index in [0.717, 1.165) is 24.1 Å². The summed E-state index contributed by atoms with van der Waals surface area (Å²) in [7, 11) is 0. The lowest BCUT2D eigenvalue weighted by Gasteiger charge is -2.05. The van der Waals surface area contributed by atoms with Crippen LogP contribution in [-0.4, -0.2) is 11.8 Å². The monoisotopic (exact) mass is 229 g/mol. The van der Waals surface area contributed by atoms with Crippen LogP contribution in [0.25, 0.3) is 0 Å². The van der Waals surface area contributed by atoms with Crippen LogP contribution in [0.4, 0.5) is 0 Å². The Morgan fingerprint density at radius 3 is 2.79 bits per heavy atom. The molecule has 2 nitrogen and oxygen atoms in total. The van der Waals surface area contributed by atoms with Crippen LogP contribution < -0.4 is 5.73 Å². The van der Waals surface area contributed by atoms with Gasteiger partial charge in [0.25, 0.3) is 0 Å². The van der Waals surface area contributed by atoms with Crippen molar-refractivity contribution in [2.75, 3.05) is 0 Å². The van der Waals surface area contributed by atoms with Crippen molar-refractivity contribution in [2.45, 2.75) is 25.3 Å². The second-order valence-corrected chi connectivity index (χ2v) is 5.45. The van der Waals surface area contributed by atoms with Gasteiger partial charge in [-0.25, -0.2) is 0 Å². The molecule has 0 saturated heterocycles. The average molecular weight is 230 g/mol. The minimum absolute atomic E-state index is 0.125. The van der Waals surface area contributed by atoms with E-state index in [4.69, 9.17) is 17.3 Å². The molecule has 4 heteroatoms. The number of hydrogen-bond acceptors (Lipinski definition) is 3. The zero-order valence-electron chi connectivity index (χ0n) is 7.70. The van der Waals surface area contributed by atoms with Gasteiger partial charge in [-0.1, -0.05) is 11.6 Å². The topological polar surface area (TPSA) is 43.1 Å². The van der Waals surface area contributed by atoms with Gasteiger partial charge in [0.15, 0.2) is 5.78 Å². The van der Waals surface area contributed by atoms with Crippen molar-refractivity contribution in [3.05, 3.63) is 21.3 Å². The lowest BCUT2D eigenvalue weighted by Crippen LogP contribution is -2.17.